The molecule has 0 aromatic carbocycles. The molecule has 17 heavy (non-hydrogen) atoms. The molecule has 0 saturated carbocycles. The molecule has 1 aliphatic heterocycles. The highest BCUT2D eigenvalue weighted by Gasteiger charge is 2.37. The Morgan fingerprint density at radius 2 is 1.94 bits per heavy atom. The summed E-state index contributed by atoms with van der Waals surface area (Å²) in [5.74, 6) is 0.761. The summed E-state index contributed by atoms with van der Waals surface area (Å²) in [7, 11) is 0. The molecule has 0 spiro atoms. The quantitative estimate of drug-likeness (QED) is 0.538. The van der Waals surface area contributed by atoms with Crippen molar-refractivity contribution in [3.63, 3.8) is 0 Å². The Balaban J connectivity index is 2.10. The minimum absolute atomic E-state index is 0.349. The van der Waals surface area contributed by atoms with E-state index in [-0.39, 0.29) is 0 Å². The maximum atomic E-state index is 5.94. The summed E-state index contributed by atoms with van der Waals surface area (Å²) in [5.41, 5.74) is 0.349. The van der Waals surface area contributed by atoms with Crippen molar-refractivity contribution in [2.45, 2.75) is 59.3 Å². The fourth-order valence-electron chi connectivity index (χ4n) is 2.31. The van der Waals surface area contributed by atoms with Crippen molar-refractivity contribution in [3.05, 3.63) is 0 Å². The van der Waals surface area contributed by atoms with E-state index in [0.29, 0.717) is 5.41 Å². The minimum atomic E-state index is 0.349. The fourth-order valence-corrected chi connectivity index (χ4v) is 2.31. The predicted octanol–water partition coefficient (Wildman–Crippen LogP) is 4.04. The van der Waals surface area contributed by atoms with Crippen LogP contribution in [-0.2, 0) is 9.47 Å². The van der Waals surface area contributed by atoms with Crippen LogP contribution in [0.15, 0.2) is 0 Å². The molecule has 1 fully saturated rings. The highest BCUT2D eigenvalue weighted by molar-refractivity contribution is 4.84. The van der Waals surface area contributed by atoms with E-state index in [2.05, 4.69) is 20.8 Å². The van der Waals surface area contributed by atoms with Gasteiger partial charge in [-0.2, -0.15) is 0 Å². The Bertz CT molecular complexity index is 182. The molecule has 0 amide bonds. The van der Waals surface area contributed by atoms with Crippen LogP contribution in [0.1, 0.15) is 59.3 Å². The van der Waals surface area contributed by atoms with E-state index in [1.807, 2.05) is 0 Å². The van der Waals surface area contributed by atoms with E-state index in [9.17, 15) is 0 Å². The van der Waals surface area contributed by atoms with Crippen LogP contribution >= 0.6 is 0 Å². The maximum Gasteiger partial charge on any atom is 0.0566 e. The van der Waals surface area contributed by atoms with E-state index in [0.717, 1.165) is 32.3 Å². The van der Waals surface area contributed by atoms with Gasteiger partial charge in [0.2, 0.25) is 0 Å². The van der Waals surface area contributed by atoms with Gasteiger partial charge in [0.1, 0.15) is 0 Å². The molecule has 1 rings (SSSR count). The van der Waals surface area contributed by atoms with Crippen LogP contribution in [0.3, 0.4) is 0 Å². The van der Waals surface area contributed by atoms with Crippen molar-refractivity contribution < 1.29 is 9.47 Å². The second-order valence-corrected chi connectivity index (χ2v) is 5.63. The molecule has 1 saturated heterocycles. The molecule has 1 atom stereocenters. The summed E-state index contributed by atoms with van der Waals surface area (Å²) in [5, 5.41) is 0. The monoisotopic (exact) mass is 242 g/mol. The second kappa shape index (κ2) is 8.10. The van der Waals surface area contributed by atoms with Crippen LogP contribution in [0.2, 0.25) is 0 Å². The number of hydrogen-bond donors (Lipinski definition) is 0. The van der Waals surface area contributed by atoms with Gasteiger partial charge < -0.3 is 9.47 Å². The van der Waals surface area contributed by atoms with Gasteiger partial charge in [-0.05, 0) is 18.8 Å². The van der Waals surface area contributed by atoms with E-state index < -0.39 is 0 Å². The lowest BCUT2D eigenvalue weighted by Crippen LogP contribution is -2.46. The van der Waals surface area contributed by atoms with Crippen LogP contribution in [-0.4, -0.2) is 26.4 Å². The van der Waals surface area contributed by atoms with Crippen molar-refractivity contribution in [1.82, 2.24) is 0 Å². The molecule has 0 radical (unpaired) electrons. The Hall–Kier alpha value is -0.0800. The largest absolute Gasteiger partial charge is 0.380 e. The van der Waals surface area contributed by atoms with Gasteiger partial charge in [0.25, 0.3) is 0 Å². The molecule has 0 aromatic rings. The number of hydrogen-bond acceptors (Lipinski definition) is 2. The summed E-state index contributed by atoms with van der Waals surface area (Å²) >= 11 is 0. The average Bonchev–Trinajstić information content (AvgIpc) is 2.30. The first-order valence-electron chi connectivity index (χ1n) is 7.41. The van der Waals surface area contributed by atoms with Crippen LogP contribution in [0, 0.1) is 11.3 Å². The predicted molar refractivity (Wildman–Crippen MR) is 72.3 cm³/mol. The van der Waals surface area contributed by atoms with Crippen molar-refractivity contribution in [3.8, 4) is 0 Å². The lowest BCUT2D eigenvalue weighted by atomic mass is 9.84. The third-order valence-corrected chi connectivity index (χ3v) is 4.12. The molecule has 0 aliphatic carbocycles. The number of ether oxygens (including phenoxy) is 2. The molecule has 0 N–H and O–H groups in total. The SMILES string of the molecule is CCCCCC(CC)COCC1(CC)COC1. The van der Waals surface area contributed by atoms with Gasteiger partial charge in [-0.1, -0.05) is 46.5 Å². The summed E-state index contributed by atoms with van der Waals surface area (Å²) in [4.78, 5) is 0. The Morgan fingerprint density at radius 1 is 1.18 bits per heavy atom. The average molecular weight is 242 g/mol. The van der Waals surface area contributed by atoms with Crippen molar-refractivity contribution >= 4 is 0 Å². The zero-order chi connectivity index (χ0) is 12.6. The van der Waals surface area contributed by atoms with E-state index >= 15 is 0 Å². The summed E-state index contributed by atoms with van der Waals surface area (Å²) < 4.78 is 11.2. The lowest BCUT2D eigenvalue weighted by Gasteiger charge is -2.40. The van der Waals surface area contributed by atoms with E-state index in [1.165, 1.54) is 38.5 Å². The molecule has 1 aliphatic rings. The summed E-state index contributed by atoms with van der Waals surface area (Å²) in [6.45, 7) is 10.4. The molecule has 1 unspecified atom stereocenters. The van der Waals surface area contributed by atoms with Crippen LogP contribution < -0.4 is 0 Å². The number of rotatable bonds is 10. The highest BCUT2D eigenvalue weighted by Crippen LogP contribution is 2.31. The van der Waals surface area contributed by atoms with E-state index in [4.69, 9.17) is 9.47 Å². The first-order valence-corrected chi connectivity index (χ1v) is 7.41. The molecule has 1 heterocycles. The molecule has 0 bridgehead atoms. The van der Waals surface area contributed by atoms with Gasteiger partial charge in [0.15, 0.2) is 0 Å². The lowest BCUT2D eigenvalue weighted by molar-refractivity contribution is -0.152. The van der Waals surface area contributed by atoms with Gasteiger partial charge in [0.05, 0.1) is 19.8 Å². The molecule has 0 aromatic heterocycles. The third kappa shape index (κ3) is 4.97. The first-order chi connectivity index (χ1) is 8.26. The second-order valence-electron chi connectivity index (χ2n) is 5.63. The summed E-state index contributed by atoms with van der Waals surface area (Å²) in [6.07, 6.45) is 7.80. The highest BCUT2D eigenvalue weighted by atomic mass is 16.5. The smallest absolute Gasteiger partial charge is 0.0566 e. The summed E-state index contributed by atoms with van der Waals surface area (Å²) in [6, 6.07) is 0. The topological polar surface area (TPSA) is 18.5 Å². The zero-order valence-electron chi connectivity index (χ0n) is 12.0. The molecule has 2 nitrogen and oxygen atoms in total. The molecule has 102 valence electrons. The zero-order valence-corrected chi connectivity index (χ0v) is 12.0. The third-order valence-electron chi connectivity index (χ3n) is 4.12. The minimum Gasteiger partial charge on any atom is -0.380 e. The van der Waals surface area contributed by atoms with Crippen molar-refractivity contribution in [1.29, 1.82) is 0 Å². The Morgan fingerprint density at radius 3 is 2.41 bits per heavy atom. The van der Waals surface area contributed by atoms with Crippen molar-refractivity contribution in [2.24, 2.45) is 11.3 Å². The van der Waals surface area contributed by atoms with E-state index in [1.54, 1.807) is 0 Å². The van der Waals surface area contributed by atoms with Gasteiger partial charge in [-0.3, -0.25) is 0 Å². The van der Waals surface area contributed by atoms with Crippen LogP contribution in [0.25, 0.3) is 0 Å². The van der Waals surface area contributed by atoms with Gasteiger partial charge in [0, 0.05) is 12.0 Å². The van der Waals surface area contributed by atoms with Crippen LogP contribution in [0.5, 0.6) is 0 Å². The normalized spacial score (nSPS) is 19.9. The van der Waals surface area contributed by atoms with Gasteiger partial charge in [-0.15, -0.1) is 0 Å². The number of unbranched alkanes of at least 4 members (excludes halogenated alkanes) is 2. The molecular formula is C15H30O2. The van der Waals surface area contributed by atoms with Crippen LogP contribution in [0.4, 0.5) is 0 Å². The standard InChI is InChI=1S/C15H30O2/c1-4-7-8-9-14(5-2)10-16-11-15(6-3)12-17-13-15/h14H,4-13H2,1-3H3. The Labute approximate surface area is 107 Å². The van der Waals surface area contributed by atoms with Gasteiger partial charge >= 0.3 is 0 Å². The first kappa shape index (κ1) is 15.0. The Kier molecular flexibility index (Phi) is 7.14. The van der Waals surface area contributed by atoms with Gasteiger partial charge in [-0.25, -0.2) is 0 Å². The van der Waals surface area contributed by atoms with Crippen molar-refractivity contribution in [2.75, 3.05) is 26.4 Å². The molecule has 2 heteroatoms. The fraction of sp³-hybridized carbons (Fsp3) is 1.00. The molecular weight excluding hydrogens is 212 g/mol. The maximum absolute atomic E-state index is 5.94.